The highest BCUT2D eigenvalue weighted by molar-refractivity contribution is 7.98. The van der Waals surface area contributed by atoms with Crippen LogP contribution in [0.25, 0.3) is 0 Å². The van der Waals surface area contributed by atoms with Crippen LogP contribution in [0.4, 0.5) is 5.69 Å². The van der Waals surface area contributed by atoms with Crippen molar-refractivity contribution in [3.8, 4) is 0 Å². The Balaban J connectivity index is 2.31. The number of aryl methyl sites for hydroxylation is 1. The van der Waals surface area contributed by atoms with Gasteiger partial charge in [-0.15, -0.1) is 0 Å². The molecule has 0 aliphatic carbocycles. The predicted octanol–water partition coefficient (Wildman–Crippen LogP) is 0.0413. The maximum absolute atomic E-state index is 11.2. The van der Waals surface area contributed by atoms with Gasteiger partial charge in [0.1, 0.15) is 0 Å². The SMILES string of the molecule is Cn1[nH]c(=O)c(=O)nc1SCc1cccc(N)c1C(=O)O. The first-order valence-corrected chi connectivity index (χ1v) is 6.79. The highest BCUT2D eigenvalue weighted by Gasteiger charge is 2.14. The van der Waals surface area contributed by atoms with Crippen molar-refractivity contribution >= 4 is 23.4 Å². The minimum Gasteiger partial charge on any atom is -0.478 e. The van der Waals surface area contributed by atoms with Gasteiger partial charge in [-0.1, -0.05) is 23.9 Å². The molecule has 2 aromatic rings. The number of carboxylic acid groups (broad SMARTS) is 1. The molecule has 1 aromatic carbocycles. The lowest BCUT2D eigenvalue weighted by molar-refractivity contribution is 0.0697. The summed E-state index contributed by atoms with van der Waals surface area (Å²) in [5, 5.41) is 11.8. The van der Waals surface area contributed by atoms with Crippen LogP contribution in [0.5, 0.6) is 0 Å². The van der Waals surface area contributed by atoms with Crippen molar-refractivity contribution in [3.63, 3.8) is 0 Å². The Hall–Kier alpha value is -2.55. The maximum atomic E-state index is 11.2. The summed E-state index contributed by atoms with van der Waals surface area (Å²) in [4.78, 5) is 37.2. The van der Waals surface area contributed by atoms with E-state index in [0.717, 1.165) is 11.8 Å². The van der Waals surface area contributed by atoms with Crippen LogP contribution in [0.3, 0.4) is 0 Å². The molecule has 9 heteroatoms. The number of benzene rings is 1. The molecule has 1 aromatic heterocycles. The number of hydrogen-bond donors (Lipinski definition) is 3. The van der Waals surface area contributed by atoms with Crippen molar-refractivity contribution in [1.82, 2.24) is 14.8 Å². The lowest BCUT2D eigenvalue weighted by Gasteiger charge is -2.09. The average Bonchev–Trinajstić information content (AvgIpc) is 2.41. The first-order valence-electron chi connectivity index (χ1n) is 5.81. The van der Waals surface area contributed by atoms with Crippen LogP contribution in [0.15, 0.2) is 32.9 Å². The molecule has 0 aliphatic rings. The van der Waals surface area contributed by atoms with Crippen LogP contribution in [-0.2, 0) is 12.8 Å². The molecule has 0 aliphatic heterocycles. The van der Waals surface area contributed by atoms with Gasteiger partial charge in [0, 0.05) is 18.5 Å². The number of nitrogen functional groups attached to an aromatic ring is 1. The zero-order valence-corrected chi connectivity index (χ0v) is 11.8. The highest BCUT2D eigenvalue weighted by atomic mass is 32.2. The number of rotatable bonds is 4. The lowest BCUT2D eigenvalue weighted by Crippen LogP contribution is -2.33. The van der Waals surface area contributed by atoms with E-state index in [0.29, 0.717) is 5.56 Å². The Kier molecular flexibility index (Phi) is 4.13. The molecule has 1 heterocycles. The monoisotopic (exact) mass is 308 g/mol. The van der Waals surface area contributed by atoms with E-state index in [2.05, 4.69) is 10.1 Å². The topological polar surface area (TPSA) is 131 Å². The van der Waals surface area contributed by atoms with Gasteiger partial charge < -0.3 is 10.8 Å². The fourth-order valence-electron chi connectivity index (χ4n) is 1.73. The second-order valence-corrected chi connectivity index (χ2v) is 5.12. The van der Waals surface area contributed by atoms with E-state index < -0.39 is 17.1 Å². The van der Waals surface area contributed by atoms with Gasteiger partial charge in [0.2, 0.25) is 0 Å². The van der Waals surface area contributed by atoms with Gasteiger partial charge in [0.25, 0.3) is 0 Å². The molecule has 110 valence electrons. The molecule has 21 heavy (non-hydrogen) atoms. The molecule has 0 spiro atoms. The molecule has 0 amide bonds. The summed E-state index contributed by atoms with van der Waals surface area (Å²) in [6.45, 7) is 0. The third kappa shape index (κ3) is 3.14. The molecule has 2 rings (SSSR count). The van der Waals surface area contributed by atoms with Crippen molar-refractivity contribution < 1.29 is 9.90 Å². The normalized spacial score (nSPS) is 10.5. The van der Waals surface area contributed by atoms with E-state index in [4.69, 9.17) is 5.73 Å². The number of nitrogens with one attached hydrogen (secondary N) is 1. The second-order valence-electron chi connectivity index (χ2n) is 4.17. The standard InChI is InChI=1S/C12H12N4O4S/c1-16-12(14-9(17)10(18)15-16)21-5-6-3-2-4-7(13)8(6)11(19)20/h2-4H,5,13H2,1H3,(H,15,18)(H,19,20). The molecule has 0 saturated carbocycles. The Labute approximate surface area is 122 Å². The van der Waals surface area contributed by atoms with Crippen LogP contribution >= 0.6 is 11.8 Å². The number of anilines is 1. The van der Waals surface area contributed by atoms with Crippen LogP contribution in [0, 0.1) is 0 Å². The van der Waals surface area contributed by atoms with Crippen LogP contribution in [0.1, 0.15) is 15.9 Å². The first kappa shape index (κ1) is 14.9. The van der Waals surface area contributed by atoms with Crippen LogP contribution < -0.4 is 16.9 Å². The number of aromatic amines is 1. The summed E-state index contributed by atoms with van der Waals surface area (Å²) in [7, 11) is 1.54. The van der Waals surface area contributed by atoms with Crippen LogP contribution in [-0.4, -0.2) is 25.8 Å². The van der Waals surface area contributed by atoms with E-state index in [1.54, 1.807) is 12.1 Å². The average molecular weight is 308 g/mol. The molecule has 0 bridgehead atoms. The molecular weight excluding hydrogens is 296 g/mol. The molecule has 0 unspecified atom stereocenters. The Morgan fingerprint density at radius 3 is 2.86 bits per heavy atom. The van der Waals surface area contributed by atoms with Gasteiger partial charge in [-0.3, -0.25) is 19.4 Å². The highest BCUT2D eigenvalue weighted by Crippen LogP contribution is 2.24. The van der Waals surface area contributed by atoms with Crippen molar-refractivity contribution in [1.29, 1.82) is 0 Å². The summed E-state index contributed by atoms with van der Waals surface area (Å²) >= 11 is 1.13. The van der Waals surface area contributed by atoms with E-state index in [1.165, 1.54) is 17.8 Å². The number of thioether (sulfide) groups is 1. The zero-order valence-electron chi connectivity index (χ0n) is 11.0. The molecular formula is C12H12N4O4S. The van der Waals surface area contributed by atoms with Gasteiger partial charge in [-0.05, 0) is 11.6 Å². The van der Waals surface area contributed by atoms with E-state index in [-0.39, 0.29) is 22.2 Å². The number of carbonyl (C=O) groups is 1. The smallest absolute Gasteiger partial charge is 0.339 e. The third-order valence-corrected chi connectivity index (χ3v) is 3.78. The molecule has 0 atom stereocenters. The van der Waals surface area contributed by atoms with E-state index in [9.17, 15) is 19.5 Å². The minimum absolute atomic E-state index is 0.0272. The molecule has 0 saturated heterocycles. The summed E-state index contributed by atoms with van der Waals surface area (Å²) in [5.74, 6) is -0.869. The van der Waals surface area contributed by atoms with E-state index >= 15 is 0 Å². The number of aromatic nitrogens is 3. The predicted molar refractivity (Wildman–Crippen MR) is 77.5 cm³/mol. The zero-order chi connectivity index (χ0) is 15.6. The fourth-order valence-corrected chi connectivity index (χ4v) is 2.65. The van der Waals surface area contributed by atoms with Gasteiger partial charge in [0.05, 0.1) is 5.56 Å². The summed E-state index contributed by atoms with van der Waals surface area (Å²) in [6, 6.07) is 4.79. The minimum atomic E-state index is -1.12. The quantitative estimate of drug-likeness (QED) is 0.413. The van der Waals surface area contributed by atoms with Crippen molar-refractivity contribution in [2.75, 3.05) is 5.73 Å². The summed E-state index contributed by atoms with van der Waals surface area (Å²) < 4.78 is 1.31. The number of H-pyrrole nitrogens is 1. The van der Waals surface area contributed by atoms with Gasteiger partial charge >= 0.3 is 17.1 Å². The number of carboxylic acids is 1. The van der Waals surface area contributed by atoms with Crippen LogP contribution in [0.2, 0.25) is 0 Å². The molecule has 4 N–H and O–H groups in total. The van der Waals surface area contributed by atoms with Gasteiger partial charge in [0.15, 0.2) is 5.16 Å². The maximum Gasteiger partial charge on any atom is 0.339 e. The second kappa shape index (κ2) is 5.83. The summed E-state index contributed by atoms with van der Waals surface area (Å²) in [6.07, 6.45) is 0. The largest absolute Gasteiger partial charge is 0.478 e. The number of aromatic carboxylic acids is 1. The first-order chi connectivity index (χ1) is 9.90. The van der Waals surface area contributed by atoms with Crippen molar-refractivity contribution in [2.24, 2.45) is 7.05 Å². The number of nitrogens with zero attached hydrogens (tertiary/aromatic N) is 2. The summed E-state index contributed by atoms with van der Waals surface area (Å²) in [5.41, 5.74) is 4.67. The fraction of sp³-hybridized carbons (Fsp3) is 0.167. The Morgan fingerprint density at radius 2 is 2.19 bits per heavy atom. The Morgan fingerprint density at radius 1 is 1.48 bits per heavy atom. The third-order valence-electron chi connectivity index (χ3n) is 2.70. The van der Waals surface area contributed by atoms with E-state index in [1.807, 2.05) is 0 Å². The molecule has 0 fully saturated rings. The lowest BCUT2D eigenvalue weighted by atomic mass is 10.1. The van der Waals surface area contributed by atoms with Crippen molar-refractivity contribution in [3.05, 3.63) is 50.0 Å². The molecule has 0 radical (unpaired) electrons. The van der Waals surface area contributed by atoms with Crippen molar-refractivity contribution in [2.45, 2.75) is 10.9 Å². The van der Waals surface area contributed by atoms with Gasteiger partial charge in [-0.25, -0.2) is 4.79 Å². The Bertz CT molecular complexity index is 812. The van der Waals surface area contributed by atoms with Gasteiger partial charge in [-0.2, -0.15) is 4.98 Å². The number of nitrogens with two attached hydrogens (primary N) is 1. The molecule has 8 nitrogen and oxygen atoms in total. The number of hydrogen-bond acceptors (Lipinski definition) is 6.